The summed E-state index contributed by atoms with van der Waals surface area (Å²) in [7, 11) is 0. The Bertz CT molecular complexity index is 32.7. The quantitative estimate of drug-likeness (QED) is 0.278. The fourth-order valence-electron chi connectivity index (χ4n) is 0. The van der Waals surface area contributed by atoms with Gasteiger partial charge < -0.3 is 16.1 Å². The number of carboxylic acids is 1. The van der Waals surface area contributed by atoms with E-state index in [0.717, 1.165) is 6.92 Å². The van der Waals surface area contributed by atoms with E-state index >= 15 is 0 Å². The monoisotopic (exact) mass is 111 g/mol. The summed E-state index contributed by atoms with van der Waals surface area (Å²) in [5.74, 6) is -1.08. The van der Waals surface area contributed by atoms with Gasteiger partial charge >= 0.3 is 0 Å². The maximum Gasteiger partial charge on any atom is 0.0383 e. The van der Waals surface area contributed by atoms with Crippen molar-refractivity contribution in [2.24, 2.45) is 0 Å². The van der Waals surface area contributed by atoms with Gasteiger partial charge in [0.05, 0.1) is 0 Å². The summed E-state index contributed by atoms with van der Waals surface area (Å²) >= 11 is 0. The summed E-state index contributed by atoms with van der Waals surface area (Å²) < 4.78 is 0. The minimum absolute atomic E-state index is 0. The first-order valence-electron chi connectivity index (χ1n) is 1.11. The molecule has 0 aliphatic heterocycles. The number of hydrogen-bond acceptors (Lipinski definition) is 4. The molecule has 7 heavy (non-hydrogen) atoms. The normalized spacial score (nSPS) is 4.43. The van der Waals surface area contributed by atoms with Crippen molar-refractivity contribution in [1.82, 2.24) is 6.15 Å². The number of carbonyl (C=O) groups is 1. The van der Waals surface area contributed by atoms with E-state index in [0.29, 0.717) is 0 Å². The van der Waals surface area contributed by atoms with E-state index in [2.05, 4.69) is 0 Å². The molecule has 0 aromatic heterocycles. The second kappa shape index (κ2) is 18.3. The van der Waals surface area contributed by atoms with E-state index in [-0.39, 0.29) is 6.15 Å². The number of carboxylic acid groups (broad SMARTS) is 1. The minimum atomic E-state index is -1.08. The van der Waals surface area contributed by atoms with E-state index < -0.39 is 5.97 Å². The number of rotatable bonds is 0. The molecule has 0 radical (unpaired) electrons. The number of carbonyl (C=O) groups excluding carboxylic acids is 1. The van der Waals surface area contributed by atoms with Crippen molar-refractivity contribution < 1.29 is 20.4 Å². The molecule has 0 aliphatic carbocycles. The van der Waals surface area contributed by atoms with E-state index in [1.165, 1.54) is 0 Å². The van der Waals surface area contributed by atoms with E-state index in [1.807, 2.05) is 0 Å². The molecule has 6 N–H and O–H groups in total. The minimum Gasteiger partial charge on any atom is -0.550 e. The van der Waals surface area contributed by atoms with Gasteiger partial charge in [-0.1, -0.05) is 0 Å². The molecule has 0 unspecified atom stereocenters. The van der Waals surface area contributed by atoms with Crippen molar-refractivity contribution >= 4 is 5.97 Å². The molecule has 0 amide bonds. The van der Waals surface area contributed by atoms with Gasteiger partial charge in [0.15, 0.2) is 0 Å². The van der Waals surface area contributed by atoms with Gasteiger partial charge in [-0.3, -0.25) is 10.5 Å². The Morgan fingerprint density at radius 2 is 1.57 bits per heavy atom. The lowest BCUT2D eigenvalue weighted by Gasteiger charge is -1.77. The number of quaternary nitrogens is 1. The Morgan fingerprint density at radius 3 is 1.57 bits per heavy atom. The van der Waals surface area contributed by atoms with Crippen molar-refractivity contribution in [3.63, 3.8) is 0 Å². The summed E-state index contributed by atoms with van der Waals surface area (Å²) in [6.45, 7) is 0.972. The maximum atomic E-state index is 8.89. The molecular weight excluding hydrogens is 102 g/mol. The van der Waals surface area contributed by atoms with Crippen LogP contribution in [0.4, 0.5) is 0 Å². The molecule has 0 heterocycles. The molecule has 0 fully saturated rings. The molecule has 0 aromatic carbocycles. The Labute approximate surface area is 40.7 Å². The fourth-order valence-corrected chi connectivity index (χ4v) is 0. The molecule has 0 spiro atoms. The van der Waals surface area contributed by atoms with Crippen LogP contribution in [0.3, 0.4) is 0 Å². The summed E-state index contributed by atoms with van der Waals surface area (Å²) in [6.07, 6.45) is 0. The first-order chi connectivity index (χ1) is 2.73. The zero-order valence-corrected chi connectivity index (χ0v) is 4.21. The SMILES string of the molecule is CC(=O)[O-].OO.[NH4+]. The van der Waals surface area contributed by atoms with Crippen LogP contribution in [-0.2, 0) is 4.79 Å². The third-order valence-corrected chi connectivity index (χ3v) is 0. The van der Waals surface area contributed by atoms with E-state index in [4.69, 9.17) is 20.4 Å². The molecule has 0 saturated carbocycles. The van der Waals surface area contributed by atoms with Gasteiger partial charge in [-0.25, -0.2) is 0 Å². The average Bonchev–Trinajstić information content (AvgIpc) is 1.41. The predicted molar refractivity (Wildman–Crippen MR) is 21.9 cm³/mol. The molecule has 0 rings (SSSR count). The van der Waals surface area contributed by atoms with E-state index in [9.17, 15) is 0 Å². The zero-order chi connectivity index (χ0) is 5.58. The van der Waals surface area contributed by atoms with Crippen molar-refractivity contribution in [3.8, 4) is 0 Å². The van der Waals surface area contributed by atoms with Crippen molar-refractivity contribution in [2.45, 2.75) is 6.92 Å². The van der Waals surface area contributed by atoms with Crippen molar-refractivity contribution in [1.29, 1.82) is 0 Å². The van der Waals surface area contributed by atoms with Gasteiger partial charge in [-0.15, -0.1) is 0 Å². The molecule has 5 heteroatoms. The highest BCUT2D eigenvalue weighted by Crippen LogP contribution is 1.31. The van der Waals surface area contributed by atoms with Crippen LogP contribution in [0.1, 0.15) is 6.92 Å². The molecule has 46 valence electrons. The van der Waals surface area contributed by atoms with Crippen LogP contribution < -0.4 is 11.3 Å². The number of aliphatic carboxylic acids is 1. The molecular formula is C2H9NO4. The van der Waals surface area contributed by atoms with Crippen LogP contribution in [-0.4, -0.2) is 16.5 Å². The smallest absolute Gasteiger partial charge is 0.0383 e. The van der Waals surface area contributed by atoms with Gasteiger partial charge in [0.2, 0.25) is 0 Å². The third kappa shape index (κ3) is 142. The summed E-state index contributed by atoms with van der Waals surface area (Å²) in [5.41, 5.74) is 0. The Hall–Kier alpha value is -0.650. The third-order valence-electron chi connectivity index (χ3n) is 0. The molecule has 0 saturated heterocycles. The van der Waals surface area contributed by atoms with Gasteiger partial charge in [0, 0.05) is 5.97 Å². The van der Waals surface area contributed by atoms with Crippen LogP contribution in [0.2, 0.25) is 0 Å². The van der Waals surface area contributed by atoms with Crippen molar-refractivity contribution in [3.05, 3.63) is 0 Å². The maximum absolute atomic E-state index is 8.89. The average molecular weight is 111 g/mol. The summed E-state index contributed by atoms with van der Waals surface area (Å²) in [6, 6.07) is 0. The van der Waals surface area contributed by atoms with Gasteiger partial charge in [-0.2, -0.15) is 0 Å². The number of hydrogen-bond donors (Lipinski definition) is 3. The van der Waals surface area contributed by atoms with Crippen molar-refractivity contribution in [2.75, 3.05) is 0 Å². The molecule has 0 atom stereocenters. The lowest BCUT2D eigenvalue weighted by Crippen LogP contribution is -2.16. The van der Waals surface area contributed by atoms with Crippen LogP contribution in [0, 0.1) is 0 Å². The Kier molecular flexibility index (Phi) is 42.4. The zero-order valence-electron chi connectivity index (χ0n) is 4.21. The molecule has 0 aromatic rings. The highest BCUT2D eigenvalue weighted by atomic mass is 17.0. The highest BCUT2D eigenvalue weighted by Gasteiger charge is 1.46. The molecule has 0 aliphatic rings. The van der Waals surface area contributed by atoms with E-state index in [1.54, 1.807) is 0 Å². The predicted octanol–water partition coefficient (Wildman–Crippen LogP) is -0.850. The lowest BCUT2D eigenvalue weighted by molar-refractivity contribution is -0.302. The van der Waals surface area contributed by atoms with Crippen LogP contribution in [0.5, 0.6) is 0 Å². The van der Waals surface area contributed by atoms with Crippen LogP contribution in [0.15, 0.2) is 0 Å². The summed E-state index contributed by atoms with van der Waals surface area (Å²) in [4.78, 5) is 8.89. The fraction of sp³-hybridized carbons (Fsp3) is 0.500. The summed E-state index contributed by atoms with van der Waals surface area (Å²) in [5, 5.41) is 20.9. The molecule has 5 nitrogen and oxygen atoms in total. The van der Waals surface area contributed by atoms with Gasteiger partial charge in [0.1, 0.15) is 0 Å². The van der Waals surface area contributed by atoms with Gasteiger partial charge in [-0.05, 0) is 6.92 Å². The highest BCUT2D eigenvalue weighted by molar-refractivity contribution is 5.60. The first-order valence-corrected chi connectivity index (χ1v) is 1.11. The lowest BCUT2D eigenvalue weighted by atomic mass is 10.9. The second-order valence-electron chi connectivity index (χ2n) is 0.492. The Balaban J connectivity index is -0.0000000480. The molecule has 0 bridgehead atoms. The van der Waals surface area contributed by atoms with Crippen LogP contribution in [0.25, 0.3) is 0 Å². The standard InChI is InChI=1S/C2H4O2.H3N.H2O2/c1-2(3)4;;1-2/h1H3,(H,3,4);1H3;1-2H. The first kappa shape index (κ1) is 16.2. The van der Waals surface area contributed by atoms with Crippen LogP contribution >= 0.6 is 0 Å². The van der Waals surface area contributed by atoms with Gasteiger partial charge in [0.25, 0.3) is 0 Å². The Morgan fingerprint density at radius 1 is 1.57 bits per heavy atom. The second-order valence-corrected chi connectivity index (χ2v) is 0.492. The largest absolute Gasteiger partial charge is 0.550 e. The topological polar surface area (TPSA) is 117 Å².